The van der Waals surface area contributed by atoms with Crippen LogP contribution < -0.4 is 5.32 Å². The molecule has 0 rings (SSSR count). The zero-order valence-corrected chi connectivity index (χ0v) is 16.9. The van der Waals surface area contributed by atoms with Gasteiger partial charge in [-0.25, -0.2) is 4.79 Å². The third kappa shape index (κ3) is 14.8. The van der Waals surface area contributed by atoms with Gasteiger partial charge in [-0.05, 0) is 19.3 Å². The summed E-state index contributed by atoms with van der Waals surface area (Å²) in [7, 11) is 0. The molecule has 1 N–H and O–H groups in total. The lowest BCUT2D eigenvalue weighted by molar-refractivity contribution is 0.195. The summed E-state index contributed by atoms with van der Waals surface area (Å²) in [6.07, 6.45) is 17.6. The lowest BCUT2D eigenvalue weighted by Gasteiger charge is -2.23. The first-order valence-corrected chi connectivity index (χ1v) is 10.8. The highest BCUT2D eigenvalue weighted by Gasteiger charge is 2.11. The third-order valence-electron chi connectivity index (χ3n) is 4.66. The number of carbonyl (C=O) groups excluding carboxylic acids is 1. The van der Waals surface area contributed by atoms with Gasteiger partial charge in [0.1, 0.15) is 0 Å². The SMILES string of the molecule is CCCCCCCCN(CCCCCCCC)C(=O)NCCCC. The topological polar surface area (TPSA) is 32.3 Å². The molecule has 0 bridgehead atoms. The van der Waals surface area contributed by atoms with Gasteiger partial charge in [0.2, 0.25) is 0 Å². The Balaban J connectivity index is 3.97. The fraction of sp³-hybridized carbons (Fsp3) is 0.952. The van der Waals surface area contributed by atoms with Crippen molar-refractivity contribution in [3.8, 4) is 0 Å². The average Bonchev–Trinajstić information content (AvgIpc) is 2.59. The van der Waals surface area contributed by atoms with Gasteiger partial charge >= 0.3 is 6.03 Å². The molecule has 0 aromatic heterocycles. The molecule has 0 saturated heterocycles. The Kier molecular flexibility index (Phi) is 18.0. The maximum Gasteiger partial charge on any atom is 0.317 e. The minimum Gasteiger partial charge on any atom is -0.338 e. The molecule has 24 heavy (non-hydrogen) atoms. The van der Waals surface area contributed by atoms with E-state index < -0.39 is 0 Å². The van der Waals surface area contributed by atoms with Crippen LogP contribution in [-0.2, 0) is 0 Å². The summed E-state index contributed by atoms with van der Waals surface area (Å²) in [6.45, 7) is 9.35. The summed E-state index contributed by atoms with van der Waals surface area (Å²) in [5.41, 5.74) is 0. The van der Waals surface area contributed by atoms with Crippen molar-refractivity contribution >= 4 is 6.03 Å². The van der Waals surface area contributed by atoms with Crippen molar-refractivity contribution < 1.29 is 4.79 Å². The molecule has 0 aromatic rings. The van der Waals surface area contributed by atoms with Gasteiger partial charge in [0, 0.05) is 19.6 Å². The summed E-state index contributed by atoms with van der Waals surface area (Å²) in [4.78, 5) is 14.4. The van der Waals surface area contributed by atoms with Crippen LogP contribution in [0.25, 0.3) is 0 Å². The quantitative estimate of drug-likeness (QED) is 0.300. The number of nitrogens with one attached hydrogen (secondary N) is 1. The minimum atomic E-state index is 0.158. The molecule has 0 unspecified atom stereocenters. The van der Waals surface area contributed by atoms with Crippen LogP contribution in [0.15, 0.2) is 0 Å². The van der Waals surface area contributed by atoms with Gasteiger partial charge in [0.05, 0.1) is 0 Å². The lowest BCUT2D eigenvalue weighted by Crippen LogP contribution is -2.41. The molecular weight excluding hydrogens is 296 g/mol. The summed E-state index contributed by atoms with van der Waals surface area (Å²) >= 11 is 0. The van der Waals surface area contributed by atoms with Crippen LogP contribution in [0.5, 0.6) is 0 Å². The number of unbranched alkanes of at least 4 members (excludes halogenated alkanes) is 11. The number of rotatable bonds is 17. The smallest absolute Gasteiger partial charge is 0.317 e. The Labute approximate surface area is 152 Å². The molecule has 0 fully saturated rings. The van der Waals surface area contributed by atoms with Crippen LogP contribution in [0.3, 0.4) is 0 Å². The zero-order chi connectivity index (χ0) is 17.9. The Bertz CT molecular complexity index is 253. The highest BCUT2D eigenvalue weighted by molar-refractivity contribution is 5.74. The van der Waals surface area contributed by atoms with E-state index in [2.05, 4.69) is 31.0 Å². The highest BCUT2D eigenvalue weighted by Crippen LogP contribution is 2.09. The molecule has 2 amide bonds. The van der Waals surface area contributed by atoms with Gasteiger partial charge in [0.25, 0.3) is 0 Å². The molecule has 0 heterocycles. The van der Waals surface area contributed by atoms with Crippen LogP contribution >= 0.6 is 0 Å². The number of hydrogen-bond donors (Lipinski definition) is 1. The largest absolute Gasteiger partial charge is 0.338 e. The van der Waals surface area contributed by atoms with E-state index in [1.54, 1.807) is 0 Å². The second-order valence-corrected chi connectivity index (χ2v) is 7.11. The molecule has 0 aliphatic rings. The second-order valence-electron chi connectivity index (χ2n) is 7.11. The molecule has 144 valence electrons. The van der Waals surface area contributed by atoms with E-state index in [-0.39, 0.29) is 6.03 Å². The van der Waals surface area contributed by atoms with E-state index >= 15 is 0 Å². The Hall–Kier alpha value is -0.730. The number of hydrogen-bond acceptors (Lipinski definition) is 1. The predicted molar refractivity (Wildman–Crippen MR) is 107 cm³/mol. The van der Waals surface area contributed by atoms with Crippen molar-refractivity contribution in [2.75, 3.05) is 19.6 Å². The number of carbonyl (C=O) groups is 1. The normalized spacial score (nSPS) is 10.8. The maximum absolute atomic E-state index is 12.4. The van der Waals surface area contributed by atoms with Crippen molar-refractivity contribution in [2.24, 2.45) is 0 Å². The number of urea groups is 1. The molecule has 0 aromatic carbocycles. The van der Waals surface area contributed by atoms with Crippen LogP contribution in [0.4, 0.5) is 4.79 Å². The summed E-state index contributed by atoms with van der Waals surface area (Å²) in [6, 6.07) is 0.158. The number of nitrogens with zero attached hydrogens (tertiary/aromatic N) is 1. The van der Waals surface area contributed by atoms with Crippen molar-refractivity contribution in [1.82, 2.24) is 10.2 Å². The standard InChI is InChI=1S/C21H44N2O/c1-4-7-10-12-14-16-19-23(21(24)22-18-9-6-3)20-17-15-13-11-8-5-2/h4-20H2,1-3H3,(H,22,24). The second kappa shape index (κ2) is 18.6. The zero-order valence-electron chi connectivity index (χ0n) is 16.9. The molecule has 0 aliphatic heterocycles. The Morgan fingerprint density at radius 2 is 1.04 bits per heavy atom. The van der Waals surface area contributed by atoms with Gasteiger partial charge in [-0.3, -0.25) is 0 Å². The fourth-order valence-corrected chi connectivity index (χ4v) is 2.96. The van der Waals surface area contributed by atoms with Gasteiger partial charge in [-0.2, -0.15) is 0 Å². The first-order chi connectivity index (χ1) is 11.8. The van der Waals surface area contributed by atoms with Crippen molar-refractivity contribution in [1.29, 1.82) is 0 Å². The fourth-order valence-electron chi connectivity index (χ4n) is 2.96. The average molecular weight is 341 g/mol. The maximum atomic E-state index is 12.4. The first-order valence-electron chi connectivity index (χ1n) is 10.8. The van der Waals surface area contributed by atoms with Crippen LogP contribution in [0.2, 0.25) is 0 Å². The van der Waals surface area contributed by atoms with Crippen molar-refractivity contribution in [3.63, 3.8) is 0 Å². The monoisotopic (exact) mass is 340 g/mol. The minimum absolute atomic E-state index is 0.158. The molecule has 0 aliphatic carbocycles. The van der Waals surface area contributed by atoms with E-state index in [0.717, 1.165) is 45.3 Å². The molecule has 0 radical (unpaired) electrons. The third-order valence-corrected chi connectivity index (χ3v) is 4.66. The highest BCUT2D eigenvalue weighted by atomic mass is 16.2. The van der Waals surface area contributed by atoms with Gasteiger partial charge in [0.15, 0.2) is 0 Å². The van der Waals surface area contributed by atoms with Crippen LogP contribution in [0.1, 0.15) is 111 Å². The van der Waals surface area contributed by atoms with Gasteiger partial charge in [-0.1, -0.05) is 91.4 Å². The van der Waals surface area contributed by atoms with E-state index in [4.69, 9.17) is 0 Å². The summed E-state index contributed by atoms with van der Waals surface area (Å²) in [5.74, 6) is 0. The van der Waals surface area contributed by atoms with Gasteiger partial charge in [-0.15, -0.1) is 0 Å². The van der Waals surface area contributed by atoms with Crippen LogP contribution in [0, 0.1) is 0 Å². The molecular formula is C21H44N2O. The van der Waals surface area contributed by atoms with E-state index in [1.807, 2.05) is 0 Å². The summed E-state index contributed by atoms with van der Waals surface area (Å²) < 4.78 is 0. The van der Waals surface area contributed by atoms with Gasteiger partial charge < -0.3 is 10.2 Å². The lowest BCUT2D eigenvalue weighted by atomic mass is 10.1. The van der Waals surface area contributed by atoms with E-state index in [1.165, 1.54) is 64.2 Å². The first kappa shape index (κ1) is 23.3. The molecule has 0 spiro atoms. The van der Waals surface area contributed by atoms with E-state index in [0.29, 0.717) is 0 Å². The molecule has 0 atom stereocenters. The molecule has 0 saturated carbocycles. The molecule has 3 heteroatoms. The van der Waals surface area contributed by atoms with Crippen LogP contribution in [-0.4, -0.2) is 30.6 Å². The predicted octanol–water partition coefficient (Wildman–Crippen LogP) is 6.52. The Morgan fingerprint density at radius 1 is 0.625 bits per heavy atom. The van der Waals surface area contributed by atoms with Crippen molar-refractivity contribution in [2.45, 2.75) is 111 Å². The van der Waals surface area contributed by atoms with Crippen molar-refractivity contribution in [3.05, 3.63) is 0 Å². The number of amides is 2. The van der Waals surface area contributed by atoms with E-state index in [9.17, 15) is 4.79 Å². The Morgan fingerprint density at radius 3 is 1.50 bits per heavy atom. The molecule has 3 nitrogen and oxygen atoms in total. The summed E-state index contributed by atoms with van der Waals surface area (Å²) in [5, 5.41) is 3.09.